The minimum absolute atomic E-state index is 0.0421. The number of Topliss-reactive ketones (excluding diaryl/α,β-unsaturated/α-hetero) is 1. The number of carbonyl (C=O) groups excluding carboxylic acids is 3. The molecular weight excluding hydrogens is 618 g/mol. The van der Waals surface area contributed by atoms with Gasteiger partial charge in [0.15, 0.2) is 5.78 Å². The molecule has 1 atom stereocenters. The molecule has 0 bridgehead atoms. The normalized spacial score (nSPS) is 14.3. The number of hydrogen-bond donors (Lipinski definition) is 1. The Morgan fingerprint density at radius 2 is 1.60 bits per heavy atom. The summed E-state index contributed by atoms with van der Waals surface area (Å²) in [6.45, 7) is 0.959. The van der Waals surface area contributed by atoms with Gasteiger partial charge in [0.25, 0.3) is 0 Å². The Morgan fingerprint density at radius 1 is 0.929 bits per heavy atom. The van der Waals surface area contributed by atoms with Crippen molar-refractivity contribution in [1.29, 1.82) is 0 Å². The number of halogens is 1. The van der Waals surface area contributed by atoms with E-state index in [2.05, 4.69) is 21.2 Å². The summed E-state index contributed by atoms with van der Waals surface area (Å²) in [5.74, 6) is -1.02. The molecule has 0 spiro atoms. The third-order valence-corrected chi connectivity index (χ3v) is 9.07. The highest BCUT2D eigenvalue weighted by Gasteiger charge is 2.34. The van der Waals surface area contributed by atoms with Crippen molar-refractivity contribution in [3.05, 3.63) is 100 Å². The number of nitrogens with one attached hydrogen (secondary N) is 1. The SMILES string of the molecule is CC(=O)c1cccc(N(CC(=O)N(Cc2cccc(Br)c2)[C@@H](Cc2ccccc2)C(=O)NC2CCCC2)S(C)(=O)=O)c1. The number of amides is 2. The van der Waals surface area contributed by atoms with Gasteiger partial charge in [-0.05, 0) is 55.2 Å². The van der Waals surface area contributed by atoms with Gasteiger partial charge in [-0.1, -0.05) is 83.4 Å². The average molecular weight is 655 g/mol. The summed E-state index contributed by atoms with van der Waals surface area (Å²) in [5.41, 5.74) is 2.20. The number of rotatable bonds is 12. The Morgan fingerprint density at radius 3 is 2.24 bits per heavy atom. The number of ketones is 1. The summed E-state index contributed by atoms with van der Waals surface area (Å²) in [6.07, 6.45) is 5.14. The van der Waals surface area contributed by atoms with E-state index in [1.165, 1.54) is 17.9 Å². The summed E-state index contributed by atoms with van der Waals surface area (Å²) >= 11 is 3.48. The van der Waals surface area contributed by atoms with Crippen molar-refractivity contribution < 1.29 is 22.8 Å². The molecule has 2 amide bonds. The van der Waals surface area contributed by atoms with Gasteiger partial charge in [0.05, 0.1) is 11.9 Å². The van der Waals surface area contributed by atoms with E-state index in [0.717, 1.165) is 51.8 Å². The Kier molecular flexibility index (Phi) is 10.6. The highest BCUT2D eigenvalue weighted by molar-refractivity contribution is 9.10. The molecule has 222 valence electrons. The maximum absolute atomic E-state index is 14.2. The van der Waals surface area contributed by atoms with E-state index in [9.17, 15) is 22.8 Å². The standard InChI is InChI=1S/C32H36BrN3O5S/c1-23(37)26-13-9-17-29(20-26)36(42(2,40)41)22-31(38)35(21-25-12-8-14-27(33)18-25)30(19-24-10-4-3-5-11-24)32(39)34-28-15-6-7-16-28/h3-5,8-14,17-18,20,28,30H,6-7,15-16,19,21-22H2,1-2H3,(H,34,39)/t30-/m0/s1. The highest BCUT2D eigenvalue weighted by atomic mass is 79.9. The third-order valence-electron chi connectivity index (χ3n) is 7.43. The molecule has 1 fully saturated rings. The van der Waals surface area contributed by atoms with Gasteiger partial charge in [0.1, 0.15) is 12.6 Å². The lowest BCUT2D eigenvalue weighted by atomic mass is 10.0. The van der Waals surface area contributed by atoms with E-state index in [-0.39, 0.29) is 36.4 Å². The van der Waals surface area contributed by atoms with Crippen molar-refractivity contribution in [1.82, 2.24) is 10.2 Å². The van der Waals surface area contributed by atoms with Crippen LogP contribution in [0, 0.1) is 0 Å². The third kappa shape index (κ3) is 8.51. The first kappa shape index (κ1) is 31.4. The van der Waals surface area contributed by atoms with Crippen LogP contribution in [0.15, 0.2) is 83.3 Å². The zero-order valence-electron chi connectivity index (χ0n) is 23.8. The smallest absolute Gasteiger partial charge is 0.244 e. The molecule has 0 aromatic heterocycles. The van der Waals surface area contributed by atoms with Crippen molar-refractivity contribution in [3.8, 4) is 0 Å². The first-order valence-corrected chi connectivity index (χ1v) is 16.6. The van der Waals surface area contributed by atoms with Crippen LogP contribution >= 0.6 is 15.9 Å². The van der Waals surface area contributed by atoms with Crippen LogP contribution in [0.2, 0.25) is 0 Å². The lowest BCUT2D eigenvalue weighted by Gasteiger charge is -2.34. The second-order valence-electron chi connectivity index (χ2n) is 10.7. The zero-order valence-corrected chi connectivity index (χ0v) is 26.2. The quantitative estimate of drug-likeness (QED) is 0.274. The summed E-state index contributed by atoms with van der Waals surface area (Å²) in [5, 5.41) is 3.16. The van der Waals surface area contributed by atoms with Gasteiger partial charge in [-0.3, -0.25) is 18.7 Å². The maximum Gasteiger partial charge on any atom is 0.244 e. The lowest BCUT2D eigenvalue weighted by Crippen LogP contribution is -2.54. The van der Waals surface area contributed by atoms with Crippen LogP contribution in [-0.4, -0.2) is 55.8 Å². The first-order chi connectivity index (χ1) is 20.0. The van der Waals surface area contributed by atoms with Gasteiger partial charge in [-0.2, -0.15) is 0 Å². The van der Waals surface area contributed by atoms with Gasteiger partial charge in [0, 0.05) is 29.0 Å². The van der Waals surface area contributed by atoms with E-state index in [1.807, 2.05) is 54.6 Å². The number of hydrogen-bond acceptors (Lipinski definition) is 5. The molecule has 1 aliphatic rings. The number of carbonyl (C=O) groups is 3. The minimum atomic E-state index is -3.93. The number of nitrogens with zero attached hydrogens (tertiary/aromatic N) is 2. The van der Waals surface area contributed by atoms with Crippen LogP contribution in [0.25, 0.3) is 0 Å². The minimum Gasteiger partial charge on any atom is -0.352 e. The van der Waals surface area contributed by atoms with Gasteiger partial charge in [-0.25, -0.2) is 8.42 Å². The van der Waals surface area contributed by atoms with Gasteiger partial charge >= 0.3 is 0 Å². The molecule has 3 aromatic carbocycles. The Labute approximate surface area is 256 Å². The number of sulfonamides is 1. The van der Waals surface area contributed by atoms with Crippen molar-refractivity contribution in [2.75, 3.05) is 17.1 Å². The molecule has 8 nitrogen and oxygen atoms in total. The summed E-state index contributed by atoms with van der Waals surface area (Å²) in [4.78, 5) is 41.6. The fourth-order valence-corrected chi connectivity index (χ4v) is 6.54. The molecule has 0 saturated heterocycles. The summed E-state index contributed by atoms with van der Waals surface area (Å²) in [7, 11) is -3.93. The molecule has 1 saturated carbocycles. The number of anilines is 1. The Balaban J connectivity index is 1.74. The maximum atomic E-state index is 14.2. The summed E-state index contributed by atoms with van der Waals surface area (Å²) < 4.78 is 27.8. The summed E-state index contributed by atoms with van der Waals surface area (Å²) in [6, 6.07) is 22.3. The van der Waals surface area contributed by atoms with Crippen LogP contribution < -0.4 is 9.62 Å². The molecule has 0 radical (unpaired) electrons. The van der Waals surface area contributed by atoms with Crippen LogP contribution in [-0.2, 0) is 32.6 Å². The molecule has 42 heavy (non-hydrogen) atoms. The lowest BCUT2D eigenvalue weighted by molar-refractivity contribution is -0.140. The predicted molar refractivity (Wildman–Crippen MR) is 168 cm³/mol. The fourth-order valence-electron chi connectivity index (χ4n) is 5.25. The van der Waals surface area contributed by atoms with E-state index >= 15 is 0 Å². The second kappa shape index (κ2) is 14.1. The molecule has 1 N–H and O–H groups in total. The van der Waals surface area contributed by atoms with E-state index in [0.29, 0.717) is 5.56 Å². The molecule has 4 rings (SSSR count). The van der Waals surface area contributed by atoms with Crippen molar-refractivity contribution in [2.24, 2.45) is 0 Å². The molecular formula is C32H36BrN3O5S. The van der Waals surface area contributed by atoms with E-state index in [4.69, 9.17) is 0 Å². The first-order valence-electron chi connectivity index (χ1n) is 14.0. The van der Waals surface area contributed by atoms with Crippen molar-refractivity contribution in [3.63, 3.8) is 0 Å². The highest BCUT2D eigenvalue weighted by Crippen LogP contribution is 2.24. The molecule has 10 heteroatoms. The Hall–Kier alpha value is -3.50. The zero-order chi connectivity index (χ0) is 30.3. The van der Waals surface area contributed by atoms with Gasteiger partial charge in [-0.15, -0.1) is 0 Å². The molecule has 0 heterocycles. The molecule has 0 aliphatic heterocycles. The monoisotopic (exact) mass is 653 g/mol. The van der Waals surface area contributed by atoms with E-state index in [1.54, 1.807) is 18.2 Å². The Bertz CT molecular complexity index is 1520. The van der Waals surface area contributed by atoms with Crippen LogP contribution in [0.4, 0.5) is 5.69 Å². The predicted octanol–water partition coefficient (Wildman–Crippen LogP) is 5.12. The van der Waals surface area contributed by atoms with Crippen LogP contribution in [0.5, 0.6) is 0 Å². The van der Waals surface area contributed by atoms with Crippen LogP contribution in [0.3, 0.4) is 0 Å². The van der Waals surface area contributed by atoms with Crippen LogP contribution in [0.1, 0.15) is 54.1 Å². The van der Waals surface area contributed by atoms with Gasteiger partial charge in [0.2, 0.25) is 21.8 Å². The van der Waals surface area contributed by atoms with Crippen molar-refractivity contribution >= 4 is 49.2 Å². The number of benzene rings is 3. The topological polar surface area (TPSA) is 104 Å². The molecule has 1 aliphatic carbocycles. The fraction of sp³-hybridized carbons (Fsp3) is 0.344. The largest absolute Gasteiger partial charge is 0.352 e. The second-order valence-corrected chi connectivity index (χ2v) is 13.5. The molecule has 3 aromatic rings. The molecule has 0 unspecified atom stereocenters. The van der Waals surface area contributed by atoms with Crippen molar-refractivity contribution in [2.45, 2.75) is 57.7 Å². The average Bonchev–Trinajstić information content (AvgIpc) is 3.46. The van der Waals surface area contributed by atoms with Gasteiger partial charge < -0.3 is 10.2 Å². The van der Waals surface area contributed by atoms with E-state index < -0.39 is 28.5 Å².